The standard InChI is InChI=1S/C10H16N2O.C4H10ClN.ClH/c1-12(2)7-8-13-10-5-3-9(11)4-6-10;1-6(2)4-3-5;/h3-6H,7-8,11H2,1-2H3;3-4H2,1-2H3;1H. The Morgan fingerprint density at radius 2 is 1.50 bits per heavy atom. The van der Waals surface area contributed by atoms with Gasteiger partial charge in [-0.15, -0.1) is 24.0 Å². The molecule has 0 radical (unpaired) electrons. The van der Waals surface area contributed by atoms with Crippen LogP contribution in [0.5, 0.6) is 5.75 Å². The molecule has 0 spiro atoms. The number of nitrogen functional groups attached to an aromatic ring is 1. The third-order valence-electron chi connectivity index (χ3n) is 2.22. The summed E-state index contributed by atoms with van der Waals surface area (Å²) >= 11 is 5.35. The number of ether oxygens (including phenoxy) is 1. The van der Waals surface area contributed by atoms with E-state index < -0.39 is 0 Å². The van der Waals surface area contributed by atoms with Crippen LogP contribution in [-0.2, 0) is 0 Å². The van der Waals surface area contributed by atoms with Gasteiger partial charge in [0.05, 0.1) is 0 Å². The lowest BCUT2D eigenvalue weighted by Crippen LogP contribution is -2.19. The minimum absolute atomic E-state index is 0. The minimum atomic E-state index is 0. The average Bonchev–Trinajstić information content (AvgIpc) is 2.32. The number of alkyl halides is 1. The number of likely N-dealkylation sites (N-methyl/N-ethyl adjacent to an activating group) is 1. The number of halogens is 2. The smallest absolute Gasteiger partial charge is 0.119 e. The fraction of sp³-hybridized carbons (Fsp3) is 0.571. The van der Waals surface area contributed by atoms with Crippen molar-refractivity contribution in [3.63, 3.8) is 0 Å². The molecule has 0 fully saturated rings. The van der Waals surface area contributed by atoms with Gasteiger partial charge >= 0.3 is 0 Å². The van der Waals surface area contributed by atoms with Crippen molar-refractivity contribution in [2.24, 2.45) is 0 Å². The Labute approximate surface area is 134 Å². The monoisotopic (exact) mass is 323 g/mol. The van der Waals surface area contributed by atoms with E-state index in [1.165, 1.54) is 0 Å². The van der Waals surface area contributed by atoms with E-state index in [0.29, 0.717) is 6.61 Å². The summed E-state index contributed by atoms with van der Waals surface area (Å²) in [6.45, 7) is 2.60. The second-order valence-corrected chi connectivity index (χ2v) is 5.09. The van der Waals surface area contributed by atoms with Crippen molar-refractivity contribution in [3.8, 4) is 5.75 Å². The molecule has 1 aromatic carbocycles. The average molecular weight is 324 g/mol. The number of rotatable bonds is 6. The number of benzene rings is 1. The molecule has 20 heavy (non-hydrogen) atoms. The number of nitrogens with zero attached hydrogens (tertiary/aromatic N) is 2. The van der Waals surface area contributed by atoms with E-state index in [0.717, 1.165) is 30.4 Å². The van der Waals surface area contributed by atoms with E-state index in [-0.39, 0.29) is 12.4 Å². The third kappa shape index (κ3) is 13.7. The van der Waals surface area contributed by atoms with Crippen molar-refractivity contribution in [3.05, 3.63) is 24.3 Å². The molecule has 0 unspecified atom stereocenters. The lowest BCUT2D eigenvalue weighted by Gasteiger charge is -2.10. The first-order valence-electron chi connectivity index (χ1n) is 6.29. The van der Waals surface area contributed by atoms with E-state index in [4.69, 9.17) is 22.1 Å². The summed E-state index contributed by atoms with van der Waals surface area (Å²) in [6, 6.07) is 7.44. The van der Waals surface area contributed by atoms with Gasteiger partial charge < -0.3 is 20.3 Å². The molecule has 0 aliphatic carbocycles. The first-order chi connectivity index (χ1) is 8.95. The van der Waals surface area contributed by atoms with E-state index in [2.05, 4.69) is 4.90 Å². The number of nitrogens with two attached hydrogens (primary N) is 1. The highest BCUT2D eigenvalue weighted by molar-refractivity contribution is 6.18. The van der Waals surface area contributed by atoms with Crippen LogP contribution < -0.4 is 10.5 Å². The molecule has 0 saturated carbocycles. The number of anilines is 1. The van der Waals surface area contributed by atoms with Crippen LogP contribution in [0.2, 0.25) is 0 Å². The highest BCUT2D eigenvalue weighted by atomic mass is 35.5. The Bertz CT molecular complexity index is 319. The molecule has 0 amide bonds. The Morgan fingerprint density at radius 3 is 1.85 bits per heavy atom. The molecule has 0 saturated heterocycles. The predicted octanol–water partition coefficient (Wildman–Crippen LogP) is 2.42. The molecule has 0 atom stereocenters. The van der Waals surface area contributed by atoms with Crippen LogP contribution >= 0.6 is 24.0 Å². The molecule has 2 N–H and O–H groups in total. The lowest BCUT2D eigenvalue weighted by molar-refractivity contribution is 0.261. The summed E-state index contributed by atoms with van der Waals surface area (Å²) in [5.74, 6) is 1.60. The number of hydrogen-bond donors (Lipinski definition) is 1. The van der Waals surface area contributed by atoms with Gasteiger partial charge in [0, 0.05) is 24.7 Å². The Morgan fingerprint density at radius 1 is 1.00 bits per heavy atom. The topological polar surface area (TPSA) is 41.7 Å². The number of hydrogen-bond acceptors (Lipinski definition) is 4. The van der Waals surface area contributed by atoms with Crippen molar-refractivity contribution in [2.45, 2.75) is 0 Å². The van der Waals surface area contributed by atoms with Gasteiger partial charge in [-0.1, -0.05) is 0 Å². The highest BCUT2D eigenvalue weighted by Gasteiger charge is 1.93. The Balaban J connectivity index is 0. The fourth-order valence-corrected chi connectivity index (χ4v) is 1.42. The summed E-state index contributed by atoms with van der Waals surface area (Å²) in [5.41, 5.74) is 6.30. The quantitative estimate of drug-likeness (QED) is 0.645. The molecule has 0 aliphatic heterocycles. The van der Waals surface area contributed by atoms with Gasteiger partial charge in [-0.3, -0.25) is 0 Å². The maximum Gasteiger partial charge on any atom is 0.119 e. The maximum atomic E-state index is 5.54. The zero-order valence-corrected chi connectivity index (χ0v) is 14.4. The molecule has 4 nitrogen and oxygen atoms in total. The van der Waals surface area contributed by atoms with Crippen LogP contribution in [-0.4, -0.2) is 63.6 Å². The van der Waals surface area contributed by atoms with Gasteiger partial charge in [-0.05, 0) is 52.5 Å². The molecule has 6 heteroatoms. The molecule has 0 bridgehead atoms. The zero-order chi connectivity index (χ0) is 14.7. The van der Waals surface area contributed by atoms with Crippen molar-refractivity contribution >= 4 is 29.7 Å². The van der Waals surface area contributed by atoms with Crippen LogP contribution in [0.15, 0.2) is 24.3 Å². The van der Waals surface area contributed by atoms with Crippen molar-refractivity contribution in [1.29, 1.82) is 0 Å². The molecule has 1 aromatic rings. The lowest BCUT2D eigenvalue weighted by atomic mass is 10.3. The van der Waals surface area contributed by atoms with Crippen LogP contribution in [0.25, 0.3) is 0 Å². The zero-order valence-electron chi connectivity index (χ0n) is 12.8. The third-order valence-corrected chi connectivity index (χ3v) is 2.39. The second kappa shape index (κ2) is 13.3. The SMILES string of the molecule is CN(C)CCCl.CN(C)CCOc1ccc(N)cc1.Cl. The molecule has 0 heterocycles. The summed E-state index contributed by atoms with van der Waals surface area (Å²) in [4.78, 5) is 4.13. The summed E-state index contributed by atoms with van der Waals surface area (Å²) < 4.78 is 5.47. The minimum Gasteiger partial charge on any atom is -0.492 e. The fourth-order valence-electron chi connectivity index (χ4n) is 1.08. The van der Waals surface area contributed by atoms with Gasteiger partial charge in [-0.2, -0.15) is 0 Å². The Kier molecular flexibility index (Phi) is 14.4. The maximum absolute atomic E-state index is 5.54. The van der Waals surface area contributed by atoms with Crippen molar-refractivity contribution < 1.29 is 4.74 Å². The van der Waals surface area contributed by atoms with Gasteiger partial charge in [0.25, 0.3) is 0 Å². The van der Waals surface area contributed by atoms with E-state index in [9.17, 15) is 0 Å². The van der Waals surface area contributed by atoms with Gasteiger partial charge in [0.15, 0.2) is 0 Å². The molecule has 1 rings (SSSR count). The molecular weight excluding hydrogens is 297 g/mol. The van der Waals surface area contributed by atoms with Crippen LogP contribution in [0.4, 0.5) is 5.69 Å². The van der Waals surface area contributed by atoms with Crippen molar-refractivity contribution in [2.75, 3.05) is 59.5 Å². The molecule has 0 aromatic heterocycles. The van der Waals surface area contributed by atoms with Crippen LogP contribution in [0.3, 0.4) is 0 Å². The van der Waals surface area contributed by atoms with Gasteiger partial charge in [0.2, 0.25) is 0 Å². The predicted molar refractivity (Wildman–Crippen MR) is 91.4 cm³/mol. The van der Waals surface area contributed by atoms with Crippen molar-refractivity contribution in [1.82, 2.24) is 9.80 Å². The van der Waals surface area contributed by atoms with Gasteiger partial charge in [0.1, 0.15) is 12.4 Å². The normalized spacial score (nSPS) is 9.75. The summed E-state index contributed by atoms with van der Waals surface area (Å²) in [6.07, 6.45) is 0. The van der Waals surface area contributed by atoms with Gasteiger partial charge in [-0.25, -0.2) is 0 Å². The van der Waals surface area contributed by atoms with Crippen LogP contribution in [0, 0.1) is 0 Å². The first kappa shape index (κ1) is 21.6. The van der Waals surface area contributed by atoms with Crippen LogP contribution in [0.1, 0.15) is 0 Å². The highest BCUT2D eigenvalue weighted by Crippen LogP contribution is 2.12. The second-order valence-electron chi connectivity index (χ2n) is 4.71. The van der Waals surface area contributed by atoms with E-state index in [1.807, 2.05) is 57.4 Å². The molecule has 118 valence electrons. The summed E-state index contributed by atoms with van der Waals surface area (Å²) in [7, 11) is 8.05. The molecule has 0 aliphatic rings. The first-order valence-corrected chi connectivity index (χ1v) is 6.83. The Hall–Kier alpha value is -0.680. The largest absolute Gasteiger partial charge is 0.492 e. The van der Waals surface area contributed by atoms with E-state index >= 15 is 0 Å². The van der Waals surface area contributed by atoms with E-state index in [1.54, 1.807) is 0 Å². The summed E-state index contributed by atoms with van der Waals surface area (Å²) in [5, 5.41) is 0. The molecular formula is C14H27Cl2N3O.